The summed E-state index contributed by atoms with van der Waals surface area (Å²) in [5, 5.41) is 4.17. The van der Waals surface area contributed by atoms with Crippen molar-refractivity contribution in [2.75, 3.05) is 5.32 Å². The highest BCUT2D eigenvalue weighted by molar-refractivity contribution is 7.90. The van der Waals surface area contributed by atoms with Crippen molar-refractivity contribution in [2.45, 2.75) is 17.2 Å². The van der Waals surface area contributed by atoms with Crippen LogP contribution in [0.1, 0.15) is 11.3 Å². The summed E-state index contributed by atoms with van der Waals surface area (Å²) in [6.45, 7) is -0.159. The van der Waals surface area contributed by atoms with Gasteiger partial charge in [0.15, 0.2) is 9.84 Å². The first-order valence-electron chi connectivity index (χ1n) is 7.53. The van der Waals surface area contributed by atoms with Crippen molar-refractivity contribution in [3.05, 3.63) is 75.0 Å². The Morgan fingerprint density at radius 2 is 1.89 bits per heavy atom. The zero-order chi connectivity index (χ0) is 19.6. The number of thiazole rings is 1. The fraction of sp³-hybridized carbons (Fsp3) is 0.118. The maximum Gasteiger partial charge on any atom is 0.187 e. The minimum Gasteiger partial charge on any atom is -0.380 e. The topological polar surface area (TPSA) is 59.1 Å². The molecule has 0 aliphatic heterocycles. The molecule has 27 heavy (non-hydrogen) atoms. The third-order valence-corrected chi connectivity index (χ3v) is 6.26. The molecule has 0 atom stereocenters. The molecule has 10 heteroatoms. The van der Waals surface area contributed by atoms with Gasteiger partial charge in [0.1, 0.15) is 22.3 Å². The lowest BCUT2D eigenvalue weighted by Crippen LogP contribution is -2.09. The van der Waals surface area contributed by atoms with E-state index in [1.54, 1.807) is 5.38 Å². The Bertz CT molecular complexity index is 1070. The predicted molar refractivity (Wildman–Crippen MR) is 98.1 cm³/mol. The Labute approximate surface area is 162 Å². The van der Waals surface area contributed by atoms with Crippen LogP contribution in [0.15, 0.2) is 46.1 Å². The molecule has 0 saturated carbocycles. The smallest absolute Gasteiger partial charge is 0.187 e. The van der Waals surface area contributed by atoms with Gasteiger partial charge in [-0.25, -0.2) is 26.6 Å². The van der Waals surface area contributed by atoms with E-state index in [2.05, 4.69) is 10.3 Å². The van der Waals surface area contributed by atoms with Crippen LogP contribution in [-0.4, -0.2) is 13.4 Å². The summed E-state index contributed by atoms with van der Waals surface area (Å²) in [7, 11) is -3.99. The minimum absolute atomic E-state index is 0.0201. The molecule has 1 N–H and O–H groups in total. The zero-order valence-corrected chi connectivity index (χ0v) is 15.9. The van der Waals surface area contributed by atoms with Crippen molar-refractivity contribution in [1.82, 2.24) is 4.98 Å². The lowest BCUT2D eigenvalue weighted by Gasteiger charge is -2.12. The van der Waals surface area contributed by atoms with Gasteiger partial charge >= 0.3 is 0 Å². The summed E-state index contributed by atoms with van der Waals surface area (Å²) in [5.41, 5.74) is 1.86. The normalized spacial score (nSPS) is 11.6. The van der Waals surface area contributed by atoms with Crippen LogP contribution in [-0.2, 0) is 22.1 Å². The van der Waals surface area contributed by atoms with Crippen LogP contribution < -0.4 is 5.32 Å². The molecule has 0 aliphatic carbocycles. The van der Waals surface area contributed by atoms with Crippen LogP contribution >= 0.6 is 22.9 Å². The second-order valence-electron chi connectivity index (χ2n) is 5.59. The number of nitrogens with one attached hydrogen (secondary N) is 1. The van der Waals surface area contributed by atoms with E-state index in [1.807, 2.05) is 0 Å². The molecule has 4 nitrogen and oxygen atoms in total. The molecule has 0 amide bonds. The second kappa shape index (κ2) is 7.87. The summed E-state index contributed by atoms with van der Waals surface area (Å²) in [6.07, 6.45) is 0. The number of aromatic nitrogens is 1. The Kier molecular flexibility index (Phi) is 5.73. The maximum absolute atomic E-state index is 14.4. The third kappa shape index (κ3) is 4.60. The van der Waals surface area contributed by atoms with Crippen molar-refractivity contribution in [1.29, 1.82) is 0 Å². The SMILES string of the molecule is O=S(=O)(Cc1cscn1)c1cc(Cl)c(NCc2cc(F)ccc2F)cc1F. The van der Waals surface area contributed by atoms with Crippen molar-refractivity contribution in [3.8, 4) is 0 Å². The van der Waals surface area contributed by atoms with Gasteiger partial charge in [-0.1, -0.05) is 11.6 Å². The first-order valence-corrected chi connectivity index (χ1v) is 10.5. The van der Waals surface area contributed by atoms with Gasteiger partial charge < -0.3 is 5.32 Å². The number of sulfone groups is 1. The average molecular weight is 433 g/mol. The lowest BCUT2D eigenvalue weighted by atomic mass is 10.2. The number of hydrogen-bond donors (Lipinski definition) is 1. The standard InChI is InChI=1S/C17H12ClF3N2O2S2/c18-13-4-17(27(24,25)8-12-7-26-9-23-12)15(21)5-16(13)22-6-10-3-11(19)1-2-14(10)20/h1-5,7,9,22H,6,8H2. The molecular formula is C17H12ClF3N2O2S2. The molecule has 0 unspecified atom stereocenters. The van der Waals surface area contributed by atoms with Gasteiger partial charge in [-0.05, 0) is 30.3 Å². The molecule has 0 aliphatic rings. The van der Waals surface area contributed by atoms with E-state index in [1.165, 1.54) is 16.8 Å². The van der Waals surface area contributed by atoms with Gasteiger partial charge in [0.25, 0.3) is 0 Å². The fourth-order valence-corrected chi connectivity index (χ4v) is 4.67. The molecule has 3 rings (SSSR count). The number of hydrogen-bond acceptors (Lipinski definition) is 5. The van der Waals surface area contributed by atoms with E-state index in [0.717, 1.165) is 30.3 Å². The highest BCUT2D eigenvalue weighted by Crippen LogP contribution is 2.30. The molecule has 3 aromatic rings. The van der Waals surface area contributed by atoms with Gasteiger partial charge in [-0.15, -0.1) is 11.3 Å². The Morgan fingerprint density at radius 1 is 1.11 bits per heavy atom. The predicted octanol–water partition coefficient (Wildman–Crippen LogP) is 4.80. The van der Waals surface area contributed by atoms with Crippen molar-refractivity contribution in [2.24, 2.45) is 0 Å². The highest BCUT2D eigenvalue weighted by atomic mass is 35.5. The second-order valence-corrected chi connectivity index (χ2v) is 8.67. The van der Waals surface area contributed by atoms with Crippen LogP contribution in [0.5, 0.6) is 0 Å². The monoisotopic (exact) mass is 432 g/mol. The van der Waals surface area contributed by atoms with Crippen LogP contribution in [0.2, 0.25) is 5.02 Å². The maximum atomic E-state index is 14.4. The van der Waals surface area contributed by atoms with E-state index in [0.29, 0.717) is 5.69 Å². The molecule has 1 aromatic heterocycles. The fourth-order valence-electron chi connectivity index (χ4n) is 2.35. The van der Waals surface area contributed by atoms with Crippen molar-refractivity contribution < 1.29 is 21.6 Å². The largest absolute Gasteiger partial charge is 0.380 e. The van der Waals surface area contributed by atoms with E-state index in [-0.39, 0.29) is 22.8 Å². The molecule has 142 valence electrons. The van der Waals surface area contributed by atoms with Gasteiger partial charge in [0, 0.05) is 17.5 Å². The molecule has 0 saturated heterocycles. The van der Waals surface area contributed by atoms with Crippen LogP contribution in [0.25, 0.3) is 0 Å². The Hall–Kier alpha value is -2.10. The Balaban J connectivity index is 1.83. The van der Waals surface area contributed by atoms with Gasteiger partial charge in [0.2, 0.25) is 0 Å². The first kappa shape index (κ1) is 19.7. The van der Waals surface area contributed by atoms with Crippen LogP contribution in [0, 0.1) is 17.5 Å². The summed E-state index contributed by atoms with van der Waals surface area (Å²) < 4.78 is 66.1. The lowest BCUT2D eigenvalue weighted by molar-refractivity contribution is 0.566. The number of benzene rings is 2. The molecule has 0 bridgehead atoms. The first-order chi connectivity index (χ1) is 12.8. The minimum atomic E-state index is -3.99. The molecule has 0 fully saturated rings. The van der Waals surface area contributed by atoms with Gasteiger partial charge in [-0.3, -0.25) is 0 Å². The summed E-state index contributed by atoms with van der Waals surface area (Å²) in [6, 6.07) is 4.85. The number of anilines is 1. The van der Waals surface area contributed by atoms with Gasteiger partial charge in [0.05, 0.1) is 27.7 Å². The molecule has 1 heterocycles. The van der Waals surface area contributed by atoms with Crippen LogP contribution in [0.4, 0.5) is 18.9 Å². The summed E-state index contributed by atoms with van der Waals surface area (Å²) >= 11 is 7.28. The van der Waals surface area contributed by atoms with Gasteiger partial charge in [-0.2, -0.15) is 0 Å². The van der Waals surface area contributed by atoms with E-state index < -0.39 is 37.9 Å². The van der Waals surface area contributed by atoms with E-state index in [9.17, 15) is 21.6 Å². The van der Waals surface area contributed by atoms with Crippen molar-refractivity contribution >= 4 is 38.5 Å². The molecular weight excluding hydrogens is 421 g/mol. The Morgan fingerprint density at radius 3 is 2.59 bits per heavy atom. The number of halogens is 4. The number of nitrogens with zero attached hydrogens (tertiary/aromatic N) is 1. The molecule has 2 aromatic carbocycles. The molecule has 0 radical (unpaired) electrons. The molecule has 0 spiro atoms. The summed E-state index contributed by atoms with van der Waals surface area (Å²) in [4.78, 5) is 3.33. The quantitative estimate of drug-likeness (QED) is 0.608. The average Bonchev–Trinajstić information content (AvgIpc) is 3.10. The van der Waals surface area contributed by atoms with E-state index in [4.69, 9.17) is 11.6 Å². The summed E-state index contributed by atoms with van der Waals surface area (Å²) in [5.74, 6) is -2.71. The van der Waals surface area contributed by atoms with Crippen LogP contribution in [0.3, 0.4) is 0 Å². The third-order valence-electron chi connectivity index (χ3n) is 3.66. The van der Waals surface area contributed by atoms with Crippen molar-refractivity contribution in [3.63, 3.8) is 0 Å². The van der Waals surface area contributed by atoms with E-state index >= 15 is 0 Å². The number of rotatable bonds is 6. The highest BCUT2D eigenvalue weighted by Gasteiger charge is 2.23. The zero-order valence-electron chi connectivity index (χ0n) is 13.5.